The Morgan fingerprint density at radius 1 is 0.588 bits per heavy atom. The Hall–Kier alpha value is 0.897. The molecule has 0 aliphatic rings. The van der Waals surface area contributed by atoms with E-state index in [0.29, 0.717) is 0 Å². The molecule has 0 fully saturated rings. The van der Waals surface area contributed by atoms with Crippen molar-refractivity contribution < 1.29 is 6.91 Å². The third-order valence-electron chi connectivity index (χ3n) is 4.38. The van der Waals surface area contributed by atoms with Gasteiger partial charge in [0.05, 0.1) is 0 Å². The molecule has 0 saturated carbocycles. The van der Waals surface area contributed by atoms with Gasteiger partial charge < -0.3 is 0 Å². The van der Waals surface area contributed by atoms with Crippen LogP contribution in [0.25, 0.3) is 0 Å². The summed E-state index contributed by atoms with van der Waals surface area (Å²) in [5, 5.41) is 0. The molecule has 2 radical (unpaired) electrons. The van der Waals surface area contributed by atoms with E-state index in [1.807, 2.05) is 0 Å². The van der Waals surface area contributed by atoms with Crippen molar-refractivity contribution in [2.75, 3.05) is 0 Å². The van der Waals surface area contributed by atoms with Gasteiger partial charge in [-0.2, -0.15) is 0 Å². The van der Waals surface area contributed by atoms with Crippen LogP contribution in [0.5, 0.6) is 0 Å². The molecule has 102 valence electrons. The Morgan fingerprint density at radius 3 is 1.00 bits per heavy atom. The molecule has 0 N–H and O–H groups in total. The first kappa shape index (κ1) is 17.9. The summed E-state index contributed by atoms with van der Waals surface area (Å²) < 4.78 is 12.6. The fourth-order valence-electron chi connectivity index (χ4n) is 2.13. The molecule has 0 rings (SSSR count). The van der Waals surface area contributed by atoms with E-state index in [9.17, 15) is 0 Å². The van der Waals surface area contributed by atoms with Crippen molar-refractivity contribution in [1.29, 1.82) is 0 Å². The summed E-state index contributed by atoms with van der Waals surface area (Å²) in [6, 6.07) is 7.45. The fraction of sp³-hybridized carbons (Fsp3) is 1.00. The Bertz CT molecular complexity index is 158. The van der Waals surface area contributed by atoms with E-state index in [1.54, 1.807) is 0 Å². The predicted octanol–water partition coefficient (Wildman–Crippen LogP) is 4.56. The van der Waals surface area contributed by atoms with Crippen molar-refractivity contribution in [3.05, 3.63) is 0 Å². The van der Waals surface area contributed by atoms with Crippen molar-refractivity contribution in [1.82, 2.24) is 0 Å². The van der Waals surface area contributed by atoms with Gasteiger partial charge in [-0.3, -0.25) is 0 Å². The van der Waals surface area contributed by atoms with Gasteiger partial charge in [0.1, 0.15) is 0 Å². The van der Waals surface area contributed by atoms with Gasteiger partial charge in [0.15, 0.2) is 0 Å². The van der Waals surface area contributed by atoms with Crippen LogP contribution in [0.15, 0.2) is 0 Å². The summed E-state index contributed by atoms with van der Waals surface area (Å²) in [7, 11) is -2.81. The van der Waals surface area contributed by atoms with Crippen LogP contribution < -0.4 is 0 Å². The van der Waals surface area contributed by atoms with Crippen molar-refractivity contribution in [3.8, 4) is 0 Å². The van der Waals surface area contributed by atoms with Crippen molar-refractivity contribution >= 4 is 32.7 Å². The molecule has 0 unspecified atom stereocenters. The van der Waals surface area contributed by atoms with Crippen LogP contribution in [0.2, 0.25) is 36.3 Å². The van der Waals surface area contributed by atoms with Crippen LogP contribution >= 0.6 is 0 Å². The fourth-order valence-corrected chi connectivity index (χ4v) is 15.0. The molecule has 0 spiro atoms. The average Bonchev–Trinajstić information content (AvgIpc) is 2.41. The van der Waals surface area contributed by atoms with Crippen molar-refractivity contribution in [3.63, 3.8) is 0 Å². The van der Waals surface area contributed by atoms with Gasteiger partial charge in [0.2, 0.25) is 0 Å². The third kappa shape index (κ3) is 5.18. The van der Waals surface area contributed by atoms with E-state index >= 15 is 0 Å². The second kappa shape index (κ2) is 8.91. The van der Waals surface area contributed by atoms with Crippen LogP contribution in [0.1, 0.15) is 41.5 Å². The van der Waals surface area contributed by atoms with Crippen LogP contribution in [-0.4, -0.2) is 32.7 Å². The second-order valence-corrected chi connectivity index (χ2v) is 17.1. The summed E-state index contributed by atoms with van der Waals surface area (Å²) in [4.78, 5) is 0. The molecule has 0 bridgehead atoms. The Balaban J connectivity index is 4.28. The van der Waals surface area contributed by atoms with Crippen LogP contribution in [0.3, 0.4) is 0 Å². The van der Waals surface area contributed by atoms with Crippen LogP contribution in [0.4, 0.5) is 0 Å². The molecule has 0 aromatic rings. The standard InChI is InChI=1S/C12H30GeO2Si2/c1-7-16(8-2,9-3)14-13-15-17(10-4,11-5)12-6/h7-12H2,1-6H3. The number of hydrogen-bond acceptors (Lipinski definition) is 2. The molecule has 2 nitrogen and oxygen atoms in total. The summed E-state index contributed by atoms with van der Waals surface area (Å²) in [5.74, 6) is 0. The van der Waals surface area contributed by atoms with Gasteiger partial charge in [-0.1, -0.05) is 0 Å². The first-order valence-corrected chi connectivity index (χ1v) is 14.0. The topological polar surface area (TPSA) is 18.5 Å². The zero-order valence-corrected chi connectivity index (χ0v) is 16.7. The second-order valence-electron chi connectivity index (χ2n) is 4.77. The molecule has 0 amide bonds. The van der Waals surface area contributed by atoms with E-state index in [2.05, 4.69) is 41.5 Å². The Labute approximate surface area is 117 Å². The Morgan fingerprint density at radius 2 is 0.824 bits per heavy atom. The molecule has 0 heterocycles. The summed E-state index contributed by atoms with van der Waals surface area (Å²) in [6.07, 6.45) is 0. The maximum atomic E-state index is 6.31. The number of rotatable bonds is 10. The maximum absolute atomic E-state index is 6.31. The summed E-state index contributed by atoms with van der Waals surface area (Å²) >= 11 is -0.610. The summed E-state index contributed by atoms with van der Waals surface area (Å²) in [6.45, 7) is 13.7. The average molecular weight is 335 g/mol. The molecule has 0 aliphatic heterocycles. The van der Waals surface area contributed by atoms with E-state index in [4.69, 9.17) is 6.91 Å². The van der Waals surface area contributed by atoms with Crippen LogP contribution in [-0.2, 0) is 6.91 Å². The predicted molar refractivity (Wildman–Crippen MR) is 82.3 cm³/mol. The minimum atomic E-state index is -1.40. The normalized spacial score (nSPS) is 13.1. The number of hydrogen-bond donors (Lipinski definition) is 0. The summed E-state index contributed by atoms with van der Waals surface area (Å²) in [5.41, 5.74) is 0. The molecule has 5 heteroatoms. The quantitative estimate of drug-likeness (QED) is 0.545. The third-order valence-corrected chi connectivity index (χ3v) is 19.6. The van der Waals surface area contributed by atoms with Gasteiger partial charge in [-0.15, -0.1) is 0 Å². The minimum absolute atomic E-state index is 0.610. The zero-order valence-electron chi connectivity index (χ0n) is 12.6. The molecule has 0 saturated heterocycles. The molecule has 17 heavy (non-hydrogen) atoms. The molecule has 0 aliphatic carbocycles. The first-order chi connectivity index (χ1) is 8.07. The monoisotopic (exact) mass is 336 g/mol. The van der Waals surface area contributed by atoms with Gasteiger partial charge in [-0.25, -0.2) is 0 Å². The molecule has 0 atom stereocenters. The van der Waals surface area contributed by atoms with E-state index in [0.717, 1.165) is 0 Å². The van der Waals surface area contributed by atoms with Gasteiger partial charge in [-0.05, 0) is 0 Å². The van der Waals surface area contributed by atoms with Crippen LogP contribution in [0, 0.1) is 0 Å². The molecule has 0 aromatic heterocycles. The SMILES string of the molecule is CC[Si](CC)(CC)[O][Ge][O][Si](CC)(CC)CC. The van der Waals surface area contributed by atoms with E-state index in [-0.39, 0.29) is 0 Å². The van der Waals surface area contributed by atoms with Gasteiger partial charge in [0, 0.05) is 0 Å². The van der Waals surface area contributed by atoms with Crippen molar-refractivity contribution in [2.45, 2.75) is 77.8 Å². The first-order valence-electron chi connectivity index (χ1n) is 7.18. The van der Waals surface area contributed by atoms with Gasteiger partial charge in [0.25, 0.3) is 0 Å². The zero-order chi connectivity index (χ0) is 13.4. The molecule has 0 aromatic carbocycles. The molecular formula is C12H30GeO2Si2. The Kier molecular flexibility index (Phi) is 9.38. The molecular weight excluding hydrogens is 305 g/mol. The van der Waals surface area contributed by atoms with E-state index < -0.39 is 32.7 Å². The van der Waals surface area contributed by atoms with Crippen molar-refractivity contribution in [2.24, 2.45) is 0 Å². The van der Waals surface area contributed by atoms with Gasteiger partial charge >= 0.3 is 117 Å². The van der Waals surface area contributed by atoms with E-state index in [1.165, 1.54) is 36.3 Å².